The van der Waals surface area contributed by atoms with E-state index in [0.717, 1.165) is 19.1 Å². The summed E-state index contributed by atoms with van der Waals surface area (Å²) in [5.41, 5.74) is 0. The molecule has 1 saturated heterocycles. The third-order valence-electron chi connectivity index (χ3n) is 2.02. The highest BCUT2D eigenvalue weighted by molar-refractivity contribution is 7.80. The molecular formula is C8H16OS. The average Bonchev–Trinajstić information content (AvgIpc) is 1.88. The lowest BCUT2D eigenvalue weighted by molar-refractivity contribution is 0.0642. The second kappa shape index (κ2) is 4.24. The number of hydrogen-bond donors (Lipinski definition) is 1. The van der Waals surface area contributed by atoms with Gasteiger partial charge in [-0.25, -0.2) is 0 Å². The van der Waals surface area contributed by atoms with Crippen molar-refractivity contribution < 1.29 is 4.74 Å². The fourth-order valence-corrected chi connectivity index (χ4v) is 1.76. The zero-order valence-corrected chi connectivity index (χ0v) is 7.44. The van der Waals surface area contributed by atoms with Gasteiger partial charge in [0.1, 0.15) is 0 Å². The first-order valence-electron chi connectivity index (χ1n) is 4.05. The minimum Gasteiger partial charge on any atom is -0.381 e. The summed E-state index contributed by atoms with van der Waals surface area (Å²) in [7, 11) is 0. The molecule has 0 N–H and O–H groups in total. The molecule has 1 nitrogen and oxygen atoms in total. The van der Waals surface area contributed by atoms with E-state index in [1.54, 1.807) is 0 Å². The summed E-state index contributed by atoms with van der Waals surface area (Å²) >= 11 is 4.37. The lowest BCUT2D eigenvalue weighted by atomic mass is 9.95. The Morgan fingerprint density at radius 2 is 2.10 bits per heavy atom. The van der Waals surface area contributed by atoms with Crippen molar-refractivity contribution >= 4 is 12.6 Å². The van der Waals surface area contributed by atoms with Crippen molar-refractivity contribution in [3.8, 4) is 0 Å². The predicted octanol–water partition coefficient (Wildman–Crippen LogP) is 2.12. The molecule has 0 aromatic heterocycles. The summed E-state index contributed by atoms with van der Waals surface area (Å²) in [5, 5.41) is 0.558. The molecule has 1 aliphatic heterocycles. The van der Waals surface area contributed by atoms with Gasteiger partial charge in [-0.05, 0) is 30.4 Å². The van der Waals surface area contributed by atoms with E-state index in [-0.39, 0.29) is 0 Å². The SMILES string of the molecule is CC(S)CC1CCOCC1. The molecule has 0 amide bonds. The quantitative estimate of drug-likeness (QED) is 0.609. The van der Waals surface area contributed by atoms with Crippen LogP contribution >= 0.6 is 12.6 Å². The van der Waals surface area contributed by atoms with Crippen LogP contribution in [0.5, 0.6) is 0 Å². The summed E-state index contributed by atoms with van der Waals surface area (Å²) < 4.78 is 5.26. The Hall–Kier alpha value is 0.310. The zero-order chi connectivity index (χ0) is 7.40. The number of ether oxygens (including phenoxy) is 1. The van der Waals surface area contributed by atoms with Crippen LogP contribution in [0.1, 0.15) is 26.2 Å². The van der Waals surface area contributed by atoms with Crippen molar-refractivity contribution in [1.29, 1.82) is 0 Å². The molecule has 1 aliphatic rings. The predicted molar refractivity (Wildman–Crippen MR) is 46.6 cm³/mol. The minimum atomic E-state index is 0.558. The van der Waals surface area contributed by atoms with Gasteiger partial charge in [-0.15, -0.1) is 0 Å². The largest absolute Gasteiger partial charge is 0.381 e. The van der Waals surface area contributed by atoms with Gasteiger partial charge in [0, 0.05) is 13.2 Å². The van der Waals surface area contributed by atoms with E-state index < -0.39 is 0 Å². The Morgan fingerprint density at radius 3 is 2.60 bits per heavy atom. The summed E-state index contributed by atoms with van der Waals surface area (Å²) in [5.74, 6) is 0.876. The van der Waals surface area contributed by atoms with E-state index in [1.165, 1.54) is 19.3 Å². The first-order chi connectivity index (χ1) is 4.79. The molecule has 1 unspecified atom stereocenters. The summed E-state index contributed by atoms with van der Waals surface area (Å²) in [6.45, 7) is 4.09. The fraction of sp³-hybridized carbons (Fsp3) is 1.00. The lowest BCUT2D eigenvalue weighted by Crippen LogP contribution is -2.17. The van der Waals surface area contributed by atoms with Crippen molar-refractivity contribution in [2.45, 2.75) is 31.4 Å². The first kappa shape index (κ1) is 8.41. The molecule has 0 bridgehead atoms. The van der Waals surface area contributed by atoms with E-state index in [0.29, 0.717) is 5.25 Å². The van der Waals surface area contributed by atoms with Gasteiger partial charge in [0.2, 0.25) is 0 Å². The van der Waals surface area contributed by atoms with Crippen LogP contribution in [0.15, 0.2) is 0 Å². The molecule has 1 fully saturated rings. The number of hydrogen-bond acceptors (Lipinski definition) is 2. The van der Waals surface area contributed by atoms with Crippen LogP contribution in [-0.4, -0.2) is 18.5 Å². The van der Waals surface area contributed by atoms with E-state index in [9.17, 15) is 0 Å². The highest BCUT2D eigenvalue weighted by Crippen LogP contribution is 2.21. The molecule has 1 heterocycles. The van der Waals surface area contributed by atoms with Crippen molar-refractivity contribution in [2.24, 2.45) is 5.92 Å². The van der Waals surface area contributed by atoms with Gasteiger partial charge in [-0.3, -0.25) is 0 Å². The average molecular weight is 160 g/mol. The van der Waals surface area contributed by atoms with Crippen LogP contribution in [0.25, 0.3) is 0 Å². The van der Waals surface area contributed by atoms with Crippen LogP contribution in [0.2, 0.25) is 0 Å². The molecule has 10 heavy (non-hydrogen) atoms. The highest BCUT2D eigenvalue weighted by atomic mass is 32.1. The third kappa shape index (κ3) is 2.93. The third-order valence-corrected chi connectivity index (χ3v) is 2.23. The second-order valence-corrected chi connectivity index (χ2v) is 4.02. The van der Waals surface area contributed by atoms with E-state index in [1.807, 2.05) is 0 Å². The monoisotopic (exact) mass is 160 g/mol. The Bertz CT molecular complexity index is 87.3. The lowest BCUT2D eigenvalue weighted by Gasteiger charge is -2.22. The smallest absolute Gasteiger partial charge is 0.0468 e. The fourth-order valence-electron chi connectivity index (χ4n) is 1.46. The molecule has 1 atom stereocenters. The molecule has 60 valence electrons. The Kier molecular flexibility index (Phi) is 3.57. The molecule has 2 heteroatoms. The molecule has 0 radical (unpaired) electrons. The van der Waals surface area contributed by atoms with Crippen LogP contribution in [-0.2, 0) is 4.74 Å². The Labute approximate surface area is 68.6 Å². The van der Waals surface area contributed by atoms with Gasteiger partial charge in [-0.2, -0.15) is 12.6 Å². The van der Waals surface area contributed by atoms with Crippen LogP contribution < -0.4 is 0 Å². The standard InChI is InChI=1S/C8H16OS/c1-7(10)6-8-2-4-9-5-3-8/h7-8,10H,2-6H2,1H3. The molecular weight excluding hydrogens is 144 g/mol. The van der Waals surface area contributed by atoms with Crippen LogP contribution in [0.4, 0.5) is 0 Å². The summed E-state index contributed by atoms with van der Waals surface area (Å²) in [6.07, 6.45) is 3.74. The van der Waals surface area contributed by atoms with Gasteiger partial charge in [0.25, 0.3) is 0 Å². The topological polar surface area (TPSA) is 9.23 Å². The first-order valence-corrected chi connectivity index (χ1v) is 4.56. The van der Waals surface area contributed by atoms with E-state index in [4.69, 9.17) is 4.74 Å². The maximum atomic E-state index is 5.26. The maximum absolute atomic E-state index is 5.26. The van der Waals surface area contributed by atoms with Crippen molar-refractivity contribution in [3.63, 3.8) is 0 Å². The van der Waals surface area contributed by atoms with Gasteiger partial charge >= 0.3 is 0 Å². The van der Waals surface area contributed by atoms with Crippen LogP contribution in [0.3, 0.4) is 0 Å². The summed E-state index contributed by atoms with van der Waals surface area (Å²) in [4.78, 5) is 0. The maximum Gasteiger partial charge on any atom is 0.0468 e. The van der Waals surface area contributed by atoms with Crippen molar-refractivity contribution in [2.75, 3.05) is 13.2 Å². The second-order valence-electron chi connectivity index (χ2n) is 3.14. The molecule has 0 spiro atoms. The number of rotatable bonds is 2. The van der Waals surface area contributed by atoms with E-state index in [2.05, 4.69) is 19.6 Å². The Morgan fingerprint density at radius 1 is 1.50 bits per heavy atom. The van der Waals surface area contributed by atoms with E-state index >= 15 is 0 Å². The molecule has 0 aliphatic carbocycles. The molecule has 0 saturated carbocycles. The van der Waals surface area contributed by atoms with Gasteiger partial charge in [0.05, 0.1) is 0 Å². The van der Waals surface area contributed by atoms with Gasteiger partial charge in [0.15, 0.2) is 0 Å². The van der Waals surface area contributed by atoms with Crippen LogP contribution in [0, 0.1) is 5.92 Å². The number of thiol groups is 1. The van der Waals surface area contributed by atoms with Gasteiger partial charge in [-0.1, -0.05) is 6.92 Å². The zero-order valence-electron chi connectivity index (χ0n) is 6.55. The molecule has 0 aromatic carbocycles. The van der Waals surface area contributed by atoms with Crippen molar-refractivity contribution in [1.82, 2.24) is 0 Å². The normalized spacial score (nSPS) is 24.6. The van der Waals surface area contributed by atoms with Gasteiger partial charge < -0.3 is 4.74 Å². The highest BCUT2D eigenvalue weighted by Gasteiger charge is 2.14. The summed E-state index contributed by atoms with van der Waals surface area (Å²) in [6, 6.07) is 0. The van der Waals surface area contributed by atoms with Crippen molar-refractivity contribution in [3.05, 3.63) is 0 Å². The molecule has 0 aromatic rings. The Balaban J connectivity index is 2.13. The minimum absolute atomic E-state index is 0.558. The molecule has 1 rings (SSSR count).